The third-order valence-electron chi connectivity index (χ3n) is 3.85. The third-order valence-corrected chi connectivity index (χ3v) is 4.87. The van der Waals surface area contributed by atoms with Gasteiger partial charge in [0.25, 0.3) is 0 Å². The summed E-state index contributed by atoms with van der Waals surface area (Å²) in [6, 6.07) is 16.8. The highest BCUT2D eigenvalue weighted by molar-refractivity contribution is 7.99. The highest BCUT2D eigenvalue weighted by Gasteiger charge is 2.14. The third kappa shape index (κ3) is 3.92. The summed E-state index contributed by atoms with van der Waals surface area (Å²) in [7, 11) is 1.89. The van der Waals surface area contributed by atoms with Gasteiger partial charge in [0.05, 0.1) is 17.4 Å². The van der Waals surface area contributed by atoms with Crippen molar-refractivity contribution in [3.8, 4) is 17.5 Å². The molecule has 0 fully saturated rings. The number of rotatable bonds is 5. The Bertz CT molecular complexity index is 972. The Labute approximate surface area is 155 Å². The summed E-state index contributed by atoms with van der Waals surface area (Å²) in [4.78, 5) is 12.1. The molecule has 0 aliphatic carbocycles. The molecule has 0 aliphatic heterocycles. The van der Waals surface area contributed by atoms with Crippen molar-refractivity contribution in [1.29, 1.82) is 5.26 Å². The lowest BCUT2D eigenvalue weighted by molar-refractivity contribution is -0.113. The number of nitrogens with zero attached hydrogens (tertiary/aromatic N) is 4. The first kappa shape index (κ1) is 17.7. The predicted octanol–water partition coefficient (Wildman–Crippen LogP) is 3.39. The van der Waals surface area contributed by atoms with E-state index in [0.717, 1.165) is 17.0 Å². The van der Waals surface area contributed by atoms with Crippen LogP contribution >= 0.6 is 11.8 Å². The maximum atomic E-state index is 12.1. The predicted molar refractivity (Wildman–Crippen MR) is 102 cm³/mol. The van der Waals surface area contributed by atoms with Crippen molar-refractivity contribution in [1.82, 2.24) is 14.8 Å². The van der Waals surface area contributed by atoms with Gasteiger partial charge in [0.2, 0.25) is 5.91 Å². The first-order chi connectivity index (χ1) is 12.6. The number of anilines is 1. The van der Waals surface area contributed by atoms with Crippen molar-refractivity contribution in [3.05, 3.63) is 59.7 Å². The summed E-state index contributed by atoms with van der Waals surface area (Å²) in [5, 5.41) is 20.7. The Morgan fingerprint density at radius 2 is 1.92 bits per heavy atom. The summed E-state index contributed by atoms with van der Waals surface area (Å²) >= 11 is 1.33. The molecular formula is C19H17N5OS. The standard InChI is InChI=1S/C19H17N5OS/c1-13-5-3-4-6-16(13)18-22-23-19(24(18)2)26-12-17(25)21-15-9-7-14(11-20)8-10-15/h3-10H,12H2,1-2H3,(H,21,25). The number of hydrogen-bond donors (Lipinski definition) is 1. The van der Waals surface area contributed by atoms with Crippen molar-refractivity contribution in [2.24, 2.45) is 7.05 Å². The lowest BCUT2D eigenvalue weighted by Gasteiger charge is -2.07. The molecule has 1 heterocycles. The average molecular weight is 363 g/mol. The van der Waals surface area contributed by atoms with E-state index in [4.69, 9.17) is 5.26 Å². The molecule has 3 rings (SSSR count). The van der Waals surface area contributed by atoms with Gasteiger partial charge in [-0.1, -0.05) is 36.0 Å². The van der Waals surface area contributed by atoms with Gasteiger partial charge in [0, 0.05) is 18.3 Å². The number of hydrogen-bond acceptors (Lipinski definition) is 5. The van der Waals surface area contributed by atoms with Gasteiger partial charge in [0.1, 0.15) is 0 Å². The Balaban J connectivity index is 1.64. The largest absolute Gasteiger partial charge is 0.325 e. The maximum absolute atomic E-state index is 12.1. The number of nitrogens with one attached hydrogen (secondary N) is 1. The van der Waals surface area contributed by atoms with Crippen molar-refractivity contribution >= 4 is 23.4 Å². The van der Waals surface area contributed by atoms with Gasteiger partial charge < -0.3 is 9.88 Å². The van der Waals surface area contributed by atoms with Crippen molar-refractivity contribution in [2.75, 3.05) is 11.1 Å². The van der Waals surface area contributed by atoms with E-state index in [1.54, 1.807) is 24.3 Å². The van der Waals surface area contributed by atoms with E-state index in [9.17, 15) is 4.79 Å². The quantitative estimate of drug-likeness (QED) is 0.703. The van der Waals surface area contributed by atoms with Gasteiger partial charge in [-0.25, -0.2) is 0 Å². The minimum absolute atomic E-state index is 0.139. The molecule has 0 aliphatic rings. The summed E-state index contributed by atoms with van der Waals surface area (Å²) < 4.78 is 1.89. The topological polar surface area (TPSA) is 83.6 Å². The molecule has 0 atom stereocenters. The van der Waals surface area contributed by atoms with Gasteiger partial charge in [-0.05, 0) is 36.8 Å². The second kappa shape index (κ2) is 7.85. The molecule has 1 N–H and O–H groups in total. The minimum atomic E-state index is -0.139. The Hall–Kier alpha value is -3.11. The zero-order valence-corrected chi connectivity index (χ0v) is 15.2. The molecule has 0 unspecified atom stereocenters. The van der Waals surface area contributed by atoms with E-state index >= 15 is 0 Å². The van der Waals surface area contributed by atoms with Crippen LogP contribution in [-0.2, 0) is 11.8 Å². The second-order valence-electron chi connectivity index (χ2n) is 5.71. The number of carbonyl (C=O) groups is 1. The molecule has 0 saturated heterocycles. The first-order valence-corrected chi connectivity index (χ1v) is 8.95. The number of aromatic nitrogens is 3. The van der Waals surface area contributed by atoms with E-state index in [1.165, 1.54) is 11.8 Å². The zero-order chi connectivity index (χ0) is 18.5. The lowest BCUT2D eigenvalue weighted by Crippen LogP contribution is -2.14. The average Bonchev–Trinajstić information content (AvgIpc) is 3.01. The number of amides is 1. The van der Waals surface area contributed by atoms with E-state index in [-0.39, 0.29) is 11.7 Å². The van der Waals surface area contributed by atoms with Crippen LogP contribution < -0.4 is 5.32 Å². The van der Waals surface area contributed by atoms with Gasteiger partial charge in [-0.2, -0.15) is 5.26 Å². The highest BCUT2D eigenvalue weighted by Crippen LogP contribution is 2.25. The molecule has 1 aromatic heterocycles. The fourth-order valence-electron chi connectivity index (χ4n) is 2.45. The SMILES string of the molecule is Cc1ccccc1-c1nnc(SCC(=O)Nc2ccc(C#N)cc2)n1C. The number of carbonyl (C=O) groups excluding carboxylic acids is 1. The van der Waals surface area contributed by atoms with Gasteiger partial charge >= 0.3 is 0 Å². The minimum Gasteiger partial charge on any atom is -0.325 e. The van der Waals surface area contributed by atoms with Gasteiger partial charge in [-0.3, -0.25) is 4.79 Å². The molecular weight excluding hydrogens is 346 g/mol. The Morgan fingerprint density at radius 3 is 2.62 bits per heavy atom. The molecule has 6 nitrogen and oxygen atoms in total. The Morgan fingerprint density at radius 1 is 1.19 bits per heavy atom. The first-order valence-electron chi connectivity index (χ1n) is 7.96. The van der Waals surface area contributed by atoms with Gasteiger partial charge in [0.15, 0.2) is 11.0 Å². The molecule has 0 radical (unpaired) electrons. The van der Waals surface area contributed by atoms with E-state index in [2.05, 4.69) is 15.5 Å². The Kier molecular flexibility index (Phi) is 5.34. The van der Waals surface area contributed by atoms with Crippen LogP contribution in [-0.4, -0.2) is 26.4 Å². The van der Waals surface area contributed by atoms with E-state index in [0.29, 0.717) is 16.4 Å². The fraction of sp³-hybridized carbons (Fsp3) is 0.158. The monoisotopic (exact) mass is 363 g/mol. The zero-order valence-electron chi connectivity index (χ0n) is 14.4. The van der Waals surface area contributed by atoms with Crippen LogP contribution in [0.4, 0.5) is 5.69 Å². The number of thioether (sulfide) groups is 1. The summed E-state index contributed by atoms with van der Waals surface area (Å²) in [6.45, 7) is 2.03. The molecule has 130 valence electrons. The second-order valence-corrected chi connectivity index (χ2v) is 6.65. The maximum Gasteiger partial charge on any atom is 0.234 e. The van der Waals surface area contributed by atoms with Crippen LogP contribution in [0.25, 0.3) is 11.4 Å². The molecule has 2 aromatic carbocycles. The number of nitriles is 1. The molecule has 26 heavy (non-hydrogen) atoms. The van der Waals surface area contributed by atoms with Crippen molar-refractivity contribution in [2.45, 2.75) is 12.1 Å². The van der Waals surface area contributed by atoms with E-state index < -0.39 is 0 Å². The van der Waals surface area contributed by atoms with Gasteiger partial charge in [-0.15, -0.1) is 10.2 Å². The molecule has 0 bridgehead atoms. The van der Waals surface area contributed by atoms with E-state index in [1.807, 2.05) is 48.9 Å². The van der Waals surface area contributed by atoms with Crippen LogP contribution in [0, 0.1) is 18.3 Å². The molecule has 0 saturated carbocycles. The molecule has 0 spiro atoms. The number of aryl methyl sites for hydroxylation is 1. The summed E-state index contributed by atoms with van der Waals surface area (Å²) in [6.07, 6.45) is 0. The molecule has 3 aromatic rings. The van der Waals surface area contributed by atoms with Crippen LogP contribution in [0.1, 0.15) is 11.1 Å². The number of benzene rings is 2. The van der Waals surface area contributed by atoms with Crippen molar-refractivity contribution in [3.63, 3.8) is 0 Å². The summed E-state index contributed by atoms with van der Waals surface area (Å²) in [5.74, 6) is 0.859. The lowest BCUT2D eigenvalue weighted by atomic mass is 10.1. The van der Waals surface area contributed by atoms with Crippen LogP contribution in [0.2, 0.25) is 0 Å². The normalized spacial score (nSPS) is 10.3. The highest BCUT2D eigenvalue weighted by atomic mass is 32.2. The van der Waals surface area contributed by atoms with Crippen LogP contribution in [0.3, 0.4) is 0 Å². The fourth-order valence-corrected chi connectivity index (χ4v) is 3.17. The summed E-state index contributed by atoms with van der Waals surface area (Å²) in [5.41, 5.74) is 3.36. The van der Waals surface area contributed by atoms with Crippen molar-refractivity contribution < 1.29 is 4.79 Å². The molecule has 7 heteroatoms. The van der Waals surface area contributed by atoms with Crippen LogP contribution in [0.5, 0.6) is 0 Å². The smallest absolute Gasteiger partial charge is 0.234 e. The van der Waals surface area contributed by atoms with Crippen LogP contribution in [0.15, 0.2) is 53.7 Å². The molecule has 1 amide bonds.